The zero-order valence-electron chi connectivity index (χ0n) is 10.9. The van der Waals surface area contributed by atoms with E-state index in [4.69, 9.17) is 21.1 Å². The number of carbonyl (C=O) groups excluding carboxylic acids is 1. The van der Waals surface area contributed by atoms with E-state index in [1.807, 2.05) is 0 Å². The van der Waals surface area contributed by atoms with E-state index in [0.29, 0.717) is 24.8 Å². The van der Waals surface area contributed by atoms with E-state index in [1.54, 1.807) is 32.2 Å². The molecule has 0 aliphatic carbocycles. The van der Waals surface area contributed by atoms with Crippen molar-refractivity contribution in [2.45, 2.75) is 13.0 Å². The quantitative estimate of drug-likeness (QED) is 0.607. The Balaban J connectivity index is 2.90. The Hall–Kier alpha value is -0.620. The summed E-state index contributed by atoms with van der Waals surface area (Å²) in [7, 11) is 1.61. The standard InChI is InChI=1S/C13H17BrClNO3/c1-3-19-13(17)12(16-6-7-18-2)10-5-4-9(15)8-11(10)14/h4-5,8,12,16H,3,6-7H2,1-2H3. The molecule has 1 rings (SSSR count). The number of rotatable bonds is 7. The van der Waals surface area contributed by atoms with Crippen molar-refractivity contribution < 1.29 is 14.3 Å². The van der Waals surface area contributed by atoms with Gasteiger partial charge < -0.3 is 9.47 Å². The molecular formula is C13H17BrClNO3. The summed E-state index contributed by atoms with van der Waals surface area (Å²) in [6.45, 7) is 3.18. The predicted molar refractivity (Wildman–Crippen MR) is 78.4 cm³/mol. The average Bonchev–Trinajstić information content (AvgIpc) is 2.36. The summed E-state index contributed by atoms with van der Waals surface area (Å²) in [5, 5.41) is 3.72. The zero-order valence-corrected chi connectivity index (χ0v) is 13.3. The summed E-state index contributed by atoms with van der Waals surface area (Å²) in [6.07, 6.45) is 0. The number of hydrogen-bond acceptors (Lipinski definition) is 4. The van der Waals surface area contributed by atoms with Gasteiger partial charge in [-0.3, -0.25) is 5.32 Å². The Morgan fingerprint density at radius 3 is 2.84 bits per heavy atom. The molecule has 1 atom stereocenters. The molecule has 1 aromatic carbocycles. The SMILES string of the molecule is CCOC(=O)C(NCCOC)c1ccc(Cl)cc1Br. The Morgan fingerprint density at radius 2 is 2.26 bits per heavy atom. The lowest BCUT2D eigenvalue weighted by Gasteiger charge is -2.19. The molecule has 1 N–H and O–H groups in total. The van der Waals surface area contributed by atoms with Crippen LogP contribution in [0.25, 0.3) is 0 Å². The third-order valence-corrected chi connectivity index (χ3v) is 3.37. The van der Waals surface area contributed by atoms with Gasteiger partial charge in [-0.25, -0.2) is 4.79 Å². The molecule has 0 radical (unpaired) electrons. The Kier molecular flexibility index (Phi) is 7.38. The molecule has 0 saturated carbocycles. The first-order valence-corrected chi connectivity index (χ1v) is 7.11. The molecule has 0 aliphatic heterocycles. The number of benzene rings is 1. The van der Waals surface area contributed by atoms with E-state index in [-0.39, 0.29) is 5.97 Å². The molecule has 1 unspecified atom stereocenters. The number of halogens is 2. The highest BCUT2D eigenvalue weighted by Crippen LogP contribution is 2.27. The van der Waals surface area contributed by atoms with Crippen LogP contribution in [0.15, 0.2) is 22.7 Å². The topological polar surface area (TPSA) is 47.6 Å². The lowest BCUT2D eigenvalue weighted by atomic mass is 10.1. The number of ether oxygens (including phenoxy) is 2. The average molecular weight is 351 g/mol. The van der Waals surface area contributed by atoms with E-state index in [2.05, 4.69) is 21.2 Å². The van der Waals surface area contributed by atoms with Crippen molar-refractivity contribution in [1.82, 2.24) is 5.32 Å². The minimum absolute atomic E-state index is 0.318. The van der Waals surface area contributed by atoms with Gasteiger partial charge in [-0.15, -0.1) is 0 Å². The number of methoxy groups -OCH3 is 1. The molecule has 0 heterocycles. The lowest BCUT2D eigenvalue weighted by Crippen LogP contribution is -2.32. The molecular weight excluding hydrogens is 334 g/mol. The Bertz CT molecular complexity index is 428. The molecule has 0 saturated heterocycles. The number of esters is 1. The first kappa shape index (κ1) is 16.4. The normalized spacial score (nSPS) is 12.2. The highest BCUT2D eigenvalue weighted by molar-refractivity contribution is 9.10. The van der Waals surface area contributed by atoms with Crippen LogP contribution in [0.2, 0.25) is 5.02 Å². The molecule has 4 nitrogen and oxygen atoms in total. The second-order valence-corrected chi connectivity index (χ2v) is 5.09. The van der Waals surface area contributed by atoms with Gasteiger partial charge in [0.2, 0.25) is 0 Å². The van der Waals surface area contributed by atoms with Crippen molar-refractivity contribution in [2.24, 2.45) is 0 Å². The predicted octanol–water partition coefficient (Wildman–Crippen LogP) is 2.94. The molecule has 0 aromatic heterocycles. The second-order valence-electron chi connectivity index (χ2n) is 3.80. The van der Waals surface area contributed by atoms with Crippen LogP contribution in [0.5, 0.6) is 0 Å². The van der Waals surface area contributed by atoms with Crippen LogP contribution in [-0.2, 0) is 14.3 Å². The first-order valence-electron chi connectivity index (χ1n) is 5.94. The number of nitrogens with one attached hydrogen (secondary N) is 1. The van der Waals surface area contributed by atoms with Crippen molar-refractivity contribution in [2.75, 3.05) is 26.9 Å². The number of carbonyl (C=O) groups is 1. The zero-order chi connectivity index (χ0) is 14.3. The monoisotopic (exact) mass is 349 g/mol. The van der Waals surface area contributed by atoms with Gasteiger partial charge in [0.25, 0.3) is 0 Å². The molecule has 0 fully saturated rings. The van der Waals surface area contributed by atoms with E-state index < -0.39 is 6.04 Å². The summed E-state index contributed by atoms with van der Waals surface area (Å²) in [5.41, 5.74) is 0.791. The van der Waals surface area contributed by atoms with E-state index in [9.17, 15) is 4.79 Å². The van der Waals surface area contributed by atoms with Gasteiger partial charge in [0, 0.05) is 23.1 Å². The number of hydrogen-bond donors (Lipinski definition) is 1. The third kappa shape index (κ3) is 5.10. The minimum Gasteiger partial charge on any atom is -0.465 e. The van der Waals surface area contributed by atoms with Crippen molar-refractivity contribution in [3.8, 4) is 0 Å². The summed E-state index contributed by atoms with van der Waals surface area (Å²) in [4.78, 5) is 12.0. The summed E-state index contributed by atoms with van der Waals surface area (Å²) in [5.74, 6) is -0.318. The Labute approximate surface area is 126 Å². The maximum atomic E-state index is 12.0. The molecule has 0 bridgehead atoms. The molecule has 0 spiro atoms. The van der Waals surface area contributed by atoms with Crippen LogP contribution >= 0.6 is 27.5 Å². The van der Waals surface area contributed by atoms with Crippen LogP contribution in [-0.4, -0.2) is 32.8 Å². The van der Waals surface area contributed by atoms with Gasteiger partial charge in [0.05, 0.1) is 13.2 Å². The fourth-order valence-corrected chi connectivity index (χ4v) is 2.50. The van der Waals surface area contributed by atoms with Gasteiger partial charge in [-0.05, 0) is 24.6 Å². The maximum Gasteiger partial charge on any atom is 0.327 e. The molecule has 0 aliphatic rings. The van der Waals surface area contributed by atoms with Crippen LogP contribution in [0.1, 0.15) is 18.5 Å². The molecule has 106 valence electrons. The Morgan fingerprint density at radius 1 is 1.53 bits per heavy atom. The molecule has 0 amide bonds. The molecule has 6 heteroatoms. The fraction of sp³-hybridized carbons (Fsp3) is 0.462. The second kappa shape index (κ2) is 8.53. The van der Waals surface area contributed by atoms with Gasteiger partial charge in [-0.2, -0.15) is 0 Å². The smallest absolute Gasteiger partial charge is 0.327 e. The van der Waals surface area contributed by atoms with Crippen molar-refractivity contribution in [3.05, 3.63) is 33.3 Å². The lowest BCUT2D eigenvalue weighted by molar-refractivity contribution is -0.145. The van der Waals surface area contributed by atoms with Crippen LogP contribution < -0.4 is 5.32 Å². The third-order valence-electron chi connectivity index (χ3n) is 2.45. The van der Waals surface area contributed by atoms with Crippen LogP contribution in [0.4, 0.5) is 0 Å². The first-order chi connectivity index (χ1) is 9.10. The highest BCUT2D eigenvalue weighted by atomic mass is 79.9. The van der Waals surface area contributed by atoms with Gasteiger partial charge in [0.15, 0.2) is 0 Å². The summed E-state index contributed by atoms with van der Waals surface area (Å²) >= 11 is 9.32. The van der Waals surface area contributed by atoms with Gasteiger partial charge in [-0.1, -0.05) is 33.6 Å². The van der Waals surface area contributed by atoms with Gasteiger partial charge >= 0.3 is 5.97 Å². The van der Waals surface area contributed by atoms with E-state index >= 15 is 0 Å². The van der Waals surface area contributed by atoms with Crippen molar-refractivity contribution in [1.29, 1.82) is 0 Å². The summed E-state index contributed by atoms with van der Waals surface area (Å²) in [6, 6.07) is 4.75. The minimum atomic E-state index is -0.540. The fourth-order valence-electron chi connectivity index (χ4n) is 1.59. The van der Waals surface area contributed by atoms with E-state index in [1.165, 1.54) is 0 Å². The van der Waals surface area contributed by atoms with Crippen molar-refractivity contribution in [3.63, 3.8) is 0 Å². The van der Waals surface area contributed by atoms with Crippen LogP contribution in [0.3, 0.4) is 0 Å². The summed E-state index contributed by atoms with van der Waals surface area (Å²) < 4.78 is 10.8. The van der Waals surface area contributed by atoms with Gasteiger partial charge in [0.1, 0.15) is 6.04 Å². The highest BCUT2D eigenvalue weighted by Gasteiger charge is 2.23. The molecule has 19 heavy (non-hydrogen) atoms. The maximum absolute atomic E-state index is 12.0. The van der Waals surface area contributed by atoms with E-state index in [0.717, 1.165) is 10.0 Å². The largest absolute Gasteiger partial charge is 0.465 e. The molecule has 1 aromatic rings. The van der Waals surface area contributed by atoms with Crippen LogP contribution in [0, 0.1) is 0 Å². The van der Waals surface area contributed by atoms with Crippen molar-refractivity contribution >= 4 is 33.5 Å².